The first-order valence-corrected chi connectivity index (χ1v) is 11.0. The van der Waals surface area contributed by atoms with Crippen molar-refractivity contribution in [1.29, 1.82) is 0 Å². The summed E-state index contributed by atoms with van der Waals surface area (Å²) in [6.07, 6.45) is -0.375. The third-order valence-corrected chi connectivity index (χ3v) is 6.28. The Kier molecular flexibility index (Phi) is 6.47. The van der Waals surface area contributed by atoms with Gasteiger partial charge >= 0.3 is 5.97 Å². The van der Waals surface area contributed by atoms with Crippen LogP contribution in [0.25, 0.3) is 0 Å². The molecule has 176 valence electrons. The van der Waals surface area contributed by atoms with Gasteiger partial charge in [0.2, 0.25) is 0 Å². The Labute approximate surface area is 193 Å². The van der Waals surface area contributed by atoms with Gasteiger partial charge < -0.3 is 29.0 Å². The molecule has 4 rings (SSSR count). The molecule has 33 heavy (non-hydrogen) atoms. The zero-order valence-electron chi connectivity index (χ0n) is 19.1. The molecule has 0 aliphatic carbocycles. The second kappa shape index (κ2) is 9.31. The van der Waals surface area contributed by atoms with Gasteiger partial charge in [0.05, 0.1) is 32.7 Å². The van der Waals surface area contributed by atoms with Crippen molar-refractivity contribution < 1.29 is 33.6 Å². The number of rotatable bonds is 7. The van der Waals surface area contributed by atoms with E-state index < -0.39 is 17.5 Å². The highest BCUT2D eigenvalue weighted by Crippen LogP contribution is 2.45. The molecule has 2 aromatic rings. The highest BCUT2D eigenvalue weighted by atomic mass is 16.5. The Morgan fingerprint density at radius 2 is 1.94 bits per heavy atom. The molecule has 1 N–H and O–H groups in total. The van der Waals surface area contributed by atoms with Crippen LogP contribution in [-0.4, -0.2) is 62.5 Å². The Morgan fingerprint density at radius 1 is 1.21 bits per heavy atom. The third-order valence-electron chi connectivity index (χ3n) is 6.28. The minimum absolute atomic E-state index is 0.0189. The van der Waals surface area contributed by atoms with Crippen LogP contribution in [0.4, 0.5) is 5.69 Å². The van der Waals surface area contributed by atoms with Crippen LogP contribution in [0.15, 0.2) is 36.4 Å². The molecule has 2 aromatic carbocycles. The molecule has 1 fully saturated rings. The normalized spacial score (nSPS) is 22.3. The van der Waals surface area contributed by atoms with Crippen molar-refractivity contribution in [1.82, 2.24) is 0 Å². The van der Waals surface area contributed by atoms with E-state index in [0.717, 1.165) is 11.3 Å². The standard InChI is InChI=1S/C25H29NO7/c1-16-6-4-5-7-19(16)32-15-25(2)18(14-22(27)28)24(29)23-20(30-3)12-17(13-21(23)33-25)26-8-10-31-11-9-26/h4-7,12-13,18H,8-11,14-15H2,1-3H3,(H,27,28). The molecule has 0 saturated carbocycles. The Balaban J connectivity index is 1.72. The van der Waals surface area contributed by atoms with Gasteiger partial charge in [-0.2, -0.15) is 0 Å². The lowest BCUT2D eigenvalue weighted by Crippen LogP contribution is -2.53. The summed E-state index contributed by atoms with van der Waals surface area (Å²) in [7, 11) is 1.49. The number of methoxy groups -OCH3 is 1. The van der Waals surface area contributed by atoms with Gasteiger partial charge in [-0.3, -0.25) is 9.59 Å². The van der Waals surface area contributed by atoms with Crippen molar-refractivity contribution in [3.63, 3.8) is 0 Å². The smallest absolute Gasteiger partial charge is 0.304 e. The van der Waals surface area contributed by atoms with E-state index in [-0.39, 0.29) is 24.4 Å². The van der Waals surface area contributed by atoms with Gasteiger partial charge in [-0.1, -0.05) is 18.2 Å². The predicted octanol–water partition coefficient (Wildman–Crippen LogP) is 3.34. The number of aliphatic carboxylic acids is 1. The predicted molar refractivity (Wildman–Crippen MR) is 122 cm³/mol. The Hall–Kier alpha value is -3.26. The number of aryl methyl sites for hydroxylation is 1. The molecule has 0 spiro atoms. The number of ether oxygens (including phenoxy) is 4. The van der Waals surface area contributed by atoms with E-state index in [1.54, 1.807) is 13.0 Å². The largest absolute Gasteiger partial charge is 0.496 e. The number of hydrogen-bond donors (Lipinski definition) is 1. The maximum atomic E-state index is 13.6. The molecular weight excluding hydrogens is 426 g/mol. The van der Waals surface area contributed by atoms with Gasteiger partial charge in [-0.15, -0.1) is 0 Å². The molecule has 2 atom stereocenters. The second-order valence-corrected chi connectivity index (χ2v) is 8.60. The van der Waals surface area contributed by atoms with E-state index in [2.05, 4.69) is 4.90 Å². The number of carbonyl (C=O) groups is 2. The summed E-state index contributed by atoms with van der Waals surface area (Å²) in [5.74, 6) is -0.926. The fourth-order valence-electron chi connectivity index (χ4n) is 4.39. The number of benzene rings is 2. The lowest BCUT2D eigenvalue weighted by atomic mass is 9.78. The van der Waals surface area contributed by atoms with Crippen molar-refractivity contribution in [3.05, 3.63) is 47.5 Å². The molecule has 0 aromatic heterocycles. The number of carboxylic acids is 1. The average Bonchev–Trinajstić information content (AvgIpc) is 2.81. The second-order valence-electron chi connectivity index (χ2n) is 8.60. The van der Waals surface area contributed by atoms with Gasteiger partial charge in [0.25, 0.3) is 0 Å². The summed E-state index contributed by atoms with van der Waals surface area (Å²) < 4.78 is 23.4. The fraction of sp³-hybridized carbons (Fsp3) is 0.440. The zero-order valence-corrected chi connectivity index (χ0v) is 19.1. The average molecular weight is 456 g/mol. The summed E-state index contributed by atoms with van der Waals surface area (Å²) in [5, 5.41) is 9.54. The van der Waals surface area contributed by atoms with Crippen LogP contribution in [0.2, 0.25) is 0 Å². The van der Waals surface area contributed by atoms with Crippen molar-refractivity contribution in [2.75, 3.05) is 44.9 Å². The molecule has 0 radical (unpaired) electrons. The highest BCUT2D eigenvalue weighted by Gasteiger charge is 2.49. The summed E-state index contributed by atoms with van der Waals surface area (Å²) in [6, 6.07) is 11.2. The first-order valence-electron chi connectivity index (χ1n) is 11.0. The molecule has 2 heterocycles. The van der Waals surface area contributed by atoms with E-state index in [0.29, 0.717) is 43.6 Å². The number of fused-ring (bicyclic) bond motifs is 1. The number of carboxylic acid groups (broad SMARTS) is 1. The van der Waals surface area contributed by atoms with E-state index in [1.807, 2.05) is 37.3 Å². The molecule has 1 saturated heterocycles. The quantitative estimate of drug-likeness (QED) is 0.679. The van der Waals surface area contributed by atoms with Gasteiger partial charge in [0.15, 0.2) is 11.4 Å². The van der Waals surface area contributed by atoms with Crippen LogP contribution < -0.4 is 19.1 Å². The van der Waals surface area contributed by atoms with Crippen molar-refractivity contribution in [2.24, 2.45) is 5.92 Å². The van der Waals surface area contributed by atoms with Crippen molar-refractivity contribution in [3.8, 4) is 17.2 Å². The zero-order chi connectivity index (χ0) is 23.6. The number of anilines is 1. The maximum Gasteiger partial charge on any atom is 0.304 e. The molecule has 0 bridgehead atoms. The lowest BCUT2D eigenvalue weighted by molar-refractivity contribution is -0.140. The SMILES string of the molecule is COc1cc(N2CCOCC2)cc2c1C(=O)C(CC(=O)O)C(C)(COc1ccccc1C)O2. The number of para-hydroxylation sites is 1. The van der Waals surface area contributed by atoms with Gasteiger partial charge in [0.1, 0.15) is 29.4 Å². The number of Topliss-reactive ketones (excluding diaryl/α,β-unsaturated/α-hetero) is 1. The molecule has 2 aliphatic rings. The molecule has 8 nitrogen and oxygen atoms in total. The van der Waals surface area contributed by atoms with Crippen LogP contribution in [0, 0.1) is 12.8 Å². The van der Waals surface area contributed by atoms with Gasteiger partial charge in [0, 0.05) is 30.9 Å². The van der Waals surface area contributed by atoms with E-state index in [4.69, 9.17) is 18.9 Å². The first-order chi connectivity index (χ1) is 15.8. The van der Waals surface area contributed by atoms with E-state index in [9.17, 15) is 14.7 Å². The number of carbonyl (C=O) groups excluding carboxylic acids is 1. The Morgan fingerprint density at radius 3 is 2.61 bits per heavy atom. The number of ketones is 1. The minimum Gasteiger partial charge on any atom is -0.496 e. The number of nitrogens with zero attached hydrogens (tertiary/aromatic N) is 1. The van der Waals surface area contributed by atoms with Crippen LogP contribution >= 0.6 is 0 Å². The molecular formula is C25H29NO7. The third kappa shape index (κ3) is 4.61. The van der Waals surface area contributed by atoms with Crippen molar-refractivity contribution >= 4 is 17.4 Å². The number of hydrogen-bond acceptors (Lipinski definition) is 7. The highest BCUT2D eigenvalue weighted by molar-refractivity contribution is 6.06. The van der Waals surface area contributed by atoms with Crippen LogP contribution in [0.5, 0.6) is 17.2 Å². The molecule has 2 unspecified atom stereocenters. The lowest BCUT2D eigenvalue weighted by Gasteiger charge is -2.41. The molecule has 2 aliphatic heterocycles. The van der Waals surface area contributed by atoms with Gasteiger partial charge in [-0.25, -0.2) is 0 Å². The molecule has 0 amide bonds. The topological polar surface area (TPSA) is 94.5 Å². The number of morpholine rings is 1. The van der Waals surface area contributed by atoms with E-state index in [1.165, 1.54) is 7.11 Å². The first kappa shape index (κ1) is 22.9. The summed E-state index contributed by atoms with van der Waals surface area (Å²) in [6.45, 7) is 6.33. The Bertz CT molecular complexity index is 1050. The van der Waals surface area contributed by atoms with Gasteiger partial charge in [-0.05, 0) is 25.5 Å². The summed E-state index contributed by atoms with van der Waals surface area (Å²) in [5.41, 5.74) is 0.892. The maximum absolute atomic E-state index is 13.6. The van der Waals surface area contributed by atoms with Crippen LogP contribution in [-0.2, 0) is 9.53 Å². The van der Waals surface area contributed by atoms with Crippen LogP contribution in [0.1, 0.15) is 29.3 Å². The van der Waals surface area contributed by atoms with Crippen molar-refractivity contribution in [2.45, 2.75) is 25.9 Å². The minimum atomic E-state index is -1.18. The van der Waals surface area contributed by atoms with Crippen LogP contribution in [0.3, 0.4) is 0 Å². The summed E-state index contributed by atoms with van der Waals surface area (Å²) in [4.78, 5) is 27.4. The summed E-state index contributed by atoms with van der Waals surface area (Å²) >= 11 is 0. The fourth-order valence-corrected chi connectivity index (χ4v) is 4.39. The monoisotopic (exact) mass is 455 g/mol. The molecule has 8 heteroatoms. The van der Waals surface area contributed by atoms with E-state index >= 15 is 0 Å².